The van der Waals surface area contributed by atoms with Crippen LogP contribution in [0.15, 0.2) is 48.5 Å². The molecule has 5 nitrogen and oxygen atoms in total. The van der Waals surface area contributed by atoms with Crippen molar-refractivity contribution in [1.82, 2.24) is 9.78 Å². The fraction of sp³-hybridized carbons (Fsp3) is 0.238. The lowest BCUT2D eigenvalue weighted by molar-refractivity contribution is -0.115. The van der Waals surface area contributed by atoms with Crippen molar-refractivity contribution in [1.29, 1.82) is 0 Å². The molecule has 0 bridgehead atoms. The minimum atomic E-state index is -0.206. The number of fused-ring (bicyclic) bond motifs is 1. The molecule has 2 aromatic carbocycles. The van der Waals surface area contributed by atoms with Crippen LogP contribution in [0.4, 0.5) is 5.82 Å². The molecule has 138 valence electrons. The Bertz CT molecular complexity index is 994. The van der Waals surface area contributed by atoms with Crippen LogP contribution < -0.4 is 5.32 Å². The number of carbonyl (C=O) groups is 1. The molecular weight excluding hydrogens is 358 g/mol. The average Bonchev–Trinajstić information content (AvgIpc) is 2.89. The molecule has 0 radical (unpaired) electrons. The highest BCUT2D eigenvalue weighted by Gasteiger charge is 2.33. The molecule has 0 saturated carbocycles. The van der Waals surface area contributed by atoms with E-state index >= 15 is 0 Å². The maximum absolute atomic E-state index is 12.6. The number of carbonyl (C=O) groups excluding carboxylic acids is 1. The van der Waals surface area contributed by atoms with Crippen molar-refractivity contribution in [2.75, 3.05) is 5.32 Å². The standard InChI is InChI=1S/C21H21N3O2S/c1-12-4-8-16(9-5-12)24-20-18(13(2)23-24)19(27-14(3)21(26)22-20)15-6-10-17(25)11-7-15/h4-11,14,19,25H,1-3H3,(H,22,26)/t14-,19-/m0/s1. The number of anilines is 1. The predicted molar refractivity (Wildman–Crippen MR) is 109 cm³/mol. The smallest absolute Gasteiger partial charge is 0.238 e. The molecule has 1 aromatic heterocycles. The first-order valence-corrected chi connectivity index (χ1v) is 9.80. The number of aromatic hydroxyl groups is 1. The molecule has 0 spiro atoms. The molecule has 6 heteroatoms. The Balaban J connectivity index is 1.89. The molecule has 0 fully saturated rings. The summed E-state index contributed by atoms with van der Waals surface area (Å²) in [6, 6.07) is 15.2. The minimum absolute atomic E-state index is 0.0317. The van der Waals surface area contributed by atoms with E-state index in [2.05, 4.69) is 5.32 Å². The van der Waals surface area contributed by atoms with Gasteiger partial charge in [0.1, 0.15) is 11.6 Å². The highest BCUT2D eigenvalue weighted by molar-refractivity contribution is 8.01. The van der Waals surface area contributed by atoms with Crippen LogP contribution in [-0.4, -0.2) is 26.0 Å². The van der Waals surface area contributed by atoms with Gasteiger partial charge in [-0.1, -0.05) is 29.8 Å². The largest absolute Gasteiger partial charge is 0.508 e. The van der Waals surface area contributed by atoms with E-state index in [1.54, 1.807) is 23.9 Å². The van der Waals surface area contributed by atoms with Crippen LogP contribution in [0.3, 0.4) is 0 Å². The van der Waals surface area contributed by atoms with Crippen LogP contribution in [0.1, 0.15) is 34.6 Å². The fourth-order valence-electron chi connectivity index (χ4n) is 3.29. The van der Waals surface area contributed by atoms with Crippen LogP contribution in [0, 0.1) is 13.8 Å². The summed E-state index contributed by atoms with van der Waals surface area (Å²) in [5, 5.41) is 17.2. The first kappa shape index (κ1) is 17.7. The molecule has 3 aromatic rings. The second kappa shape index (κ2) is 6.78. The molecule has 1 amide bonds. The van der Waals surface area contributed by atoms with Gasteiger partial charge in [-0.05, 0) is 50.6 Å². The summed E-state index contributed by atoms with van der Waals surface area (Å²) in [5.74, 6) is 0.916. The molecule has 0 saturated heterocycles. The van der Waals surface area contributed by atoms with Crippen molar-refractivity contribution < 1.29 is 9.90 Å². The molecule has 0 unspecified atom stereocenters. The van der Waals surface area contributed by atoms with Gasteiger partial charge >= 0.3 is 0 Å². The summed E-state index contributed by atoms with van der Waals surface area (Å²) in [6.45, 7) is 5.93. The van der Waals surface area contributed by atoms with E-state index < -0.39 is 0 Å². The van der Waals surface area contributed by atoms with E-state index in [4.69, 9.17) is 5.10 Å². The number of thioether (sulfide) groups is 1. The zero-order chi connectivity index (χ0) is 19.1. The van der Waals surface area contributed by atoms with Crippen LogP contribution >= 0.6 is 11.8 Å². The molecular formula is C21H21N3O2S. The fourth-order valence-corrected chi connectivity index (χ4v) is 4.62. The van der Waals surface area contributed by atoms with Gasteiger partial charge in [0.05, 0.1) is 21.9 Å². The third kappa shape index (κ3) is 3.21. The summed E-state index contributed by atoms with van der Waals surface area (Å²) >= 11 is 1.60. The predicted octanol–water partition coefficient (Wildman–Crippen LogP) is 4.36. The molecule has 1 aliphatic rings. The lowest BCUT2D eigenvalue weighted by Crippen LogP contribution is -2.22. The summed E-state index contributed by atoms with van der Waals surface area (Å²) in [5.41, 5.74) is 5.00. The molecule has 0 aliphatic carbocycles. The number of nitrogens with zero attached hydrogens (tertiary/aromatic N) is 2. The van der Waals surface area contributed by atoms with E-state index in [-0.39, 0.29) is 22.2 Å². The van der Waals surface area contributed by atoms with E-state index in [0.29, 0.717) is 0 Å². The summed E-state index contributed by atoms with van der Waals surface area (Å²) in [7, 11) is 0. The van der Waals surface area contributed by atoms with Crippen molar-refractivity contribution in [3.05, 3.63) is 70.9 Å². The first-order valence-electron chi connectivity index (χ1n) is 8.86. The lowest BCUT2D eigenvalue weighted by Gasteiger charge is -2.17. The molecule has 2 heterocycles. The maximum Gasteiger partial charge on any atom is 0.238 e. The van der Waals surface area contributed by atoms with Crippen molar-refractivity contribution in [2.24, 2.45) is 0 Å². The number of hydrogen-bond donors (Lipinski definition) is 2. The van der Waals surface area contributed by atoms with Gasteiger partial charge in [0.15, 0.2) is 0 Å². The van der Waals surface area contributed by atoms with Gasteiger partial charge in [-0.25, -0.2) is 4.68 Å². The number of hydrogen-bond acceptors (Lipinski definition) is 4. The first-order chi connectivity index (χ1) is 12.9. The molecule has 2 atom stereocenters. The van der Waals surface area contributed by atoms with Crippen LogP contribution in [0.5, 0.6) is 5.75 Å². The Morgan fingerprint density at radius 1 is 1.07 bits per heavy atom. The normalized spacial score (nSPS) is 19.3. The van der Waals surface area contributed by atoms with E-state index in [9.17, 15) is 9.90 Å². The van der Waals surface area contributed by atoms with Gasteiger partial charge in [-0.15, -0.1) is 11.8 Å². The highest BCUT2D eigenvalue weighted by Crippen LogP contribution is 2.46. The van der Waals surface area contributed by atoms with Gasteiger partial charge in [0.25, 0.3) is 0 Å². The van der Waals surface area contributed by atoms with Gasteiger partial charge in [0, 0.05) is 5.56 Å². The third-order valence-electron chi connectivity index (χ3n) is 4.79. The van der Waals surface area contributed by atoms with Crippen molar-refractivity contribution in [3.8, 4) is 11.4 Å². The maximum atomic E-state index is 12.6. The number of aromatic nitrogens is 2. The Labute approximate surface area is 162 Å². The van der Waals surface area contributed by atoms with Gasteiger partial charge < -0.3 is 10.4 Å². The van der Waals surface area contributed by atoms with Gasteiger partial charge in [0.2, 0.25) is 5.91 Å². The second-order valence-electron chi connectivity index (χ2n) is 6.83. The third-order valence-corrected chi connectivity index (χ3v) is 6.20. The number of amides is 1. The minimum Gasteiger partial charge on any atom is -0.508 e. The van der Waals surface area contributed by atoms with Crippen LogP contribution in [-0.2, 0) is 4.79 Å². The Morgan fingerprint density at radius 2 is 1.74 bits per heavy atom. The summed E-state index contributed by atoms with van der Waals surface area (Å²) in [6.07, 6.45) is 0. The summed E-state index contributed by atoms with van der Waals surface area (Å²) < 4.78 is 1.81. The lowest BCUT2D eigenvalue weighted by atomic mass is 10.0. The quantitative estimate of drug-likeness (QED) is 0.694. The number of nitrogens with one attached hydrogen (secondary N) is 1. The van der Waals surface area contributed by atoms with Gasteiger partial charge in [-0.3, -0.25) is 4.79 Å². The number of aryl methyl sites for hydroxylation is 2. The Kier molecular flexibility index (Phi) is 4.44. The zero-order valence-electron chi connectivity index (χ0n) is 15.4. The van der Waals surface area contributed by atoms with Crippen LogP contribution in [0.25, 0.3) is 5.69 Å². The van der Waals surface area contributed by atoms with Crippen molar-refractivity contribution in [3.63, 3.8) is 0 Å². The topological polar surface area (TPSA) is 67.2 Å². The monoisotopic (exact) mass is 379 g/mol. The highest BCUT2D eigenvalue weighted by atomic mass is 32.2. The van der Waals surface area contributed by atoms with Crippen molar-refractivity contribution >= 4 is 23.5 Å². The number of phenols is 1. The Morgan fingerprint density at radius 3 is 2.41 bits per heavy atom. The molecule has 2 N–H and O–H groups in total. The SMILES string of the molecule is Cc1ccc(-n2nc(C)c3c2NC(=O)[C@H](C)S[C@H]3c2ccc(O)cc2)cc1. The molecule has 4 rings (SSSR count). The van der Waals surface area contributed by atoms with E-state index in [1.807, 2.05) is 61.9 Å². The van der Waals surface area contributed by atoms with Gasteiger partial charge in [-0.2, -0.15) is 5.10 Å². The zero-order valence-corrected chi connectivity index (χ0v) is 16.2. The second-order valence-corrected chi connectivity index (χ2v) is 8.28. The van der Waals surface area contributed by atoms with E-state index in [0.717, 1.165) is 28.3 Å². The number of benzene rings is 2. The Hall–Kier alpha value is -2.73. The average molecular weight is 379 g/mol. The summed E-state index contributed by atoms with van der Waals surface area (Å²) in [4.78, 5) is 12.6. The van der Waals surface area contributed by atoms with Crippen molar-refractivity contribution in [2.45, 2.75) is 31.3 Å². The number of rotatable bonds is 2. The molecule has 1 aliphatic heterocycles. The van der Waals surface area contributed by atoms with E-state index in [1.165, 1.54) is 5.56 Å². The molecule has 27 heavy (non-hydrogen) atoms. The number of phenolic OH excluding ortho intramolecular Hbond substituents is 1. The van der Waals surface area contributed by atoms with Crippen LogP contribution in [0.2, 0.25) is 0 Å².